The standard InChI is InChI=1S/C14H19N5O4S/c1-9-12(4-5-13(15-9)23-3)19-10(2)16-17-14(19)18-6-11(7-18)8-24(20,21)22/h4-5,11H,6-8H2,1-3H3,(H,20,21,22). The van der Waals surface area contributed by atoms with E-state index >= 15 is 0 Å². The summed E-state index contributed by atoms with van der Waals surface area (Å²) in [6.45, 7) is 4.72. The molecule has 3 rings (SSSR count). The minimum atomic E-state index is -3.95. The quantitative estimate of drug-likeness (QED) is 0.779. The zero-order valence-corrected chi connectivity index (χ0v) is 14.5. The molecule has 9 nitrogen and oxygen atoms in total. The van der Waals surface area contributed by atoms with Crippen LogP contribution in [0.1, 0.15) is 11.5 Å². The van der Waals surface area contributed by atoms with Crippen LogP contribution in [-0.4, -0.2) is 58.7 Å². The summed E-state index contributed by atoms with van der Waals surface area (Å²) in [7, 11) is -2.39. The number of ether oxygens (including phenoxy) is 1. The molecule has 1 aliphatic rings. The summed E-state index contributed by atoms with van der Waals surface area (Å²) in [5.74, 6) is 1.52. The van der Waals surface area contributed by atoms with E-state index in [9.17, 15) is 8.42 Å². The van der Waals surface area contributed by atoms with Crippen molar-refractivity contribution in [1.82, 2.24) is 19.7 Å². The Kier molecular flexibility index (Phi) is 4.18. The first kappa shape index (κ1) is 16.7. The van der Waals surface area contributed by atoms with Gasteiger partial charge in [-0.1, -0.05) is 0 Å². The van der Waals surface area contributed by atoms with E-state index < -0.39 is 10.1 Å². The van der Waals surface area contributed by atoms with Crippen molar-refractivity contribution in [3.63, 3.8) is 0 Å². The number of methoxy groups -OCH3 is 1. The highest BCUT2D eigenvalue weighted by Gasteiger charge is 2.34. The number of nitrogens with zero attached hydrogens (tertiary/aromatic N) is 5. The van der Waals surface area contributed by atoms with Gasteiger partial charge in [0.1, 0.15) is 5.82 Å². The van der Waals surface area contributed by atoms with E-state index in [1.807, 2.05) is 29.4 Å². The maximum Gasteiger partial charge on any atom is 0.265 e. The molecule has 0 unspecified atom stereocenters. The van der Waals surface area contributed by atoms with Crippen LogP contribution in [0.3, 0.4) is 0 Å². The van der Waals surface area contributed by atoms with Crippen LogP contribution >= 0.6 is 0 Å². The van der Waals surface area contributed by atoms with Crippen molar-refractivity contribution >= 4 is 16.1 Å². The van der Waals surface area contributed by atoms with Gasteiger partial charge in [-0.3, -0.25) is 9.12 Å². The highest BCUT2D eigenvalue weighted by atomic mass is 32.2. The number of hydrogen-bond donors (Lipinski definition) is 1. The highest BCUT2D eigenvalue weighted by molar-refractivity contribution is 7.85. The molecule has 1 aliphatic heterocycles. The third kappa shape index (κ3) is 3.20. The van der Waals surface area contributed by atoms with E-state index in [4.69, 9.17) is 9.29 Å². The molecule has 0 bridgehead atoms. The molecule has 0 amide bonds. The molecule has 24 heavy (non-hydrogen) atoms. The topological polar surface area (TPSA) is 110 Å². The van der Waals surface area contributed by atoms with Gasteiger partial charge in [-0.15, -0.1) is 10.2 Å². The number of aryl methyl sites for hydroxylation is 2. The number of pyridine rings is 1. The van der Waals surface area contributed by atoms with Crippen LogP contribution in [-0.2, 0) is 10.1 Å². The largest absolute Gasteiger partial charge is 0.481 e. The molecule has 10 heteroatoms. The van der Waals surface area contributed by atoms with E-state index in [2.05, 4.69) is 15.2 Å². The number of hydrogen-bond acceptors (Lipinski definition) is 7. The Morgan fingerprint density at radius 2 is 2.00 bits per heavy atom. The molecule has 0 aliphatic carbocycles. The fourth-order valence-electron chi connectivity index (χ4n) is 2.86. The first-order valence-electron chi connectivity index (χ1n) is 7.42. The lowest BCUT2D eigenvalue weighted by Crippen LogP contribution is -2.50. The van der Waals surface area contributed by atoms with Crippen molar-refractivity contribution in [3.8, 4) is 11.6 Å². The van der Waals surface area contributed by atoms with Crippen molar-refractivity contribution in [2.75, 3.05) is 30.9 Å². The average molecular weight is 353 g/mol. The van der Waals surface area contributed by atoms with Crippen molar-refractivity contribution in [1.29, 1.82) is 0 Å². The van der Waals surface area contributed by atoms with Crippen LogP contribution in [0, 0.1) is 19.8 Å². The van der Waals surface area contributed by atoms with Crippen molar-refractivity contribution in [2.24, 2.45) is 5.92 Å². The molecule has 2 aromatic heterocycles. The molecule has 0 spiro atoms. The molecule has 1 N–H and O–H groups in total. The third-order valence-corrected chi connectivity index (χ3v) is 4.87. The molecule has 130 valence electrons. The van der Waals surface area contributed by atoms with Crippen LogP contribution in [0.4, 0.5) is 5.95 Å². The predicted octanol–water partition coefficient (Wildman–Crippen LogP) is 0.612. The smallest absolute Gasteiger partial charge is 0.265 e. The Labute approximate surface area is 140 Å². The van der Waals surface area contributed by atoms with Crippen molar-refractivity contribution in [2.45, 2.75) is 13.8 Å². The zero-order valence-electron chi connectivity index (χ0n) is 13.7. The average Bonchev–Trinajstić information content (AvgIpc) is 2.82. The third-order valence-electron chi connectivity index (χ3n) is 3.98. The summed E-state index contributed by atoms with van der Waals surface area (Å²) < 4.78 is 37.9. The molecule has 0 saturated carbocycles. The van der Waals surface area contributed by atoms with E-state index in [1.165, 1.54) is 0 Å². The van der Waals surface area contributed by atoms with Gasteiger partial charge in [-0.25, -0.2) is 4.98 Å². The van der Waals surface area contributed by atoms with Crippen LogP contribution in [0.15, 0.2) is 12.1 Å². The summed E-state index contributed by atoms with van der Waals surface area (Å²) >= 11 is 0. The maximum atomic E-state index is 11.0. The second-order valence-electron chi connectivity index (χ2n) is 5.86. The number of aromatic nitrogens is 4. The fraction of sp³-hybridized carbons (Fsp3) is 0.500. The monoisotopic (exact) mass is 353 g/mol. The molecule has 0 radical (unpaired) electrons. The lowest BCUT2D eigenvalue weighted by atomic mass is 10.0. The first-order chi connectivity index (χ1) is 11.3. The van der Waals surface area contributed by atoms with Crippen LogP contribution in [0.25, 0.3) is 5.69 Å². The van der Waals surface area contributed by atoms with E-state index in [-0.39, 0.29) is 11.7 Å². The lowest BCUT2D eigenvalue weighted by molar-refractivity contribution is 0.396. The normalized spacial score (nSPS) is 15.4. The van der Waals surface area contributed by atoms with Crippen LogP contribution < -0.4 is 9.64 Å². The van der Waals surface area contributed by atoms with Gasteiger partial charge in [-0.05, 0) is 19.9 Å². The van der Waals surface area contributed by atoms with Gasteiger partial charge in [0.15, 0.2) is 0 Å². The molecule has 0 atom stereocenters. The van der Waals surface area contributed by atoms with E-state index in [0.29, 0.717) is 30.7 Å². The minimum Gasteiger partial charge on any atom is -0.481 e. The second kappa shape index (κ2) is 6.02. The Morgan fingerprint density at radius 3 is 2.58 bits per heavy atom. The van der Waals surface area contributed by atoms with Gasteiger partial charge in [-0.2, -0.15) is 8.42 Å². The van der Waals surface area contributed by atoms with E-state index in [1.54, 1.807) is 13.2 Å². The molecular formula is C14H19N5O4S. The van der Waals surface area contributed by atoms with Gasteiger partial charge in [0.05, 0.1) is 24.2 Å². The molecule has 1 fully saturated rings. The first-order valence-corrected chi connectivity index (χ1v) is 9.03. The number of anilines is 1. The highest BCUT2D eigenvalue weighted by Crippen LogP contribution is 2.28. The summed E-state index contributed by atoms with van der Waals surface area (Å²) in [6, 6.07) is 3.65. The minimum absolute atomic E-state index is 0.111. The van der Waals surface area contributed by atoms with Gasteiger partial charge < -0.3 is 9.64 Å². The molecule has 1 saturated heterocycles. The lowest BCUT2D eigenvalue weighted by Gasteiger charge is -2.39. The second-order valence-corrected chi connectivity index (χ2v) is 7.36. The van der Waals surface area contributed by atoms with Gasteiger partial charge >= 0.3 is 0 Å². The zero-order chi connectivity index (χ0) is 17.5. The molecule has 3 heterocycles. The molecule has 0 aromatic carbocycles. The summed E-state index contributed by atoms with van der Waals surface area (Å²) in [5, 5.41) is 8.32. The van der Waals surface area contributed by atoms with Crippen molar-refractivity contribution < 1.29 is 17.7 Å². The van der Waals surface area contributed by atoms with Gasteiger partial charge in [0.25, 0.3) is 10.1 Å². The number of rotatable bonds is 5. The maximum absolute atomic E-state index is 11.0. The van der Waals surface area contributed by atoms with E-state index in [0.717, 1.165) is 11.4 Å². The predicted molar refractivity (Wildman–Crippen MR) is 87.3 cm³/mol. The Bertz CT molecular complexity index is 858. The summed E-state index contributed by atoms with van der Waals surface area (Å²) in [6.07, 6.45) is 0. The SMILES string of the molecule is COc1ccc(-n2c(C)nnc2N2CC(CS(=O)(=O)O)C2)c(C)n1. The molecular weight excluding hydrogens is 334 g/mol. The Hall–Kier alpha value is -2.20. The fourth-order valence-corrected chi connectivity index (χ4v) is 3.66. The van der Waals surface area contributed by atoms with Crippen LogP contribution in [0.5, 0.6) is 5.88 Å². The Balaban J connectivity index is 1.86. The van der Waals surface area contributed by atoms with Crippen LogP contribution in [0.2, 0.25) is 0 Å². The van der Waals surface area contributed by atoms with Crippen molar-refractivity contribution in [3.05, 3.63) is 23.7 Å². The summed E-state index contributed by atoms with van der Waals surface area (Å²) in [4.78, 5) is 6.30. The Morgan fingerprint density at radius 1 is 1.29 bits per heavy atom. The summed E-state index contributed by atoms with van der Waals surface area (Å²) in [5.41, 5.74) is 1.61. The van der Waals surface area contributed by atoms with Gasteiger partial charge in [0.2, 0.25) is 11.8 Å². The molecule has 2 aromatic rings. The van der Waals surface area contributed by atoms with Gasteiger partial charge in [0, 0.05) is 25.1 Å².